The number of anilines is 1. The Balaban J connectivity index is 1.64. The lowest BCUT2D eigenvalue weighted by Gasteiger charge is -2.29. The van der Waals surface area contributed by atoms with Gasteiger partial charge in [0.2, 0.25) is 0 Å². The van der Waals surface area contributed by atoms with E-state index >= 15 is 0 Å². The van der Waals surface area contributed by atoms with E-state index in [4.69, 9.17) is 14.5 Å². The van der Waals surface area contributed by atoms with Gasteiger partial charge < -0.3 is 14.4 Å². The molecule has 0 amide bonds. The number of aryl methyl sites for hydroxylation is 1. The highest BCUT2D eigenvalue weighted by molar-refractivity contribution is 6.08. The molecule has 0 unspecified atom stereocenters. The zero-order chi connectivity index (χ0) is 19.5. The molecule has 0 saturated carbocycles. The van der Waals surface area contributed by atoms with Crippen molar-refractivity contribution in [2.45, 2.75) is 33.1 Å². The molecule has 2 aromatic carbocycles. The fraction of sp³-hybridized carbons (Fsp3) is 0.391. The lowest BCUT2D eigenvalue weighted by molar-refractivity contribution is 0.100. The average molecular weight is 378 g/mol. The summed E-state index contributed by atoms with van der Waals surface area (Å²) < 4.78 is 11.2. The van der Waals surface area contributed by atoms with E-state index in [0.29, 0.717) is 30.3 Å². The van der Waals surface area contributed by atoms with Gasteiger partial charge in [-0.2, -0.15) is 0 Å². The first kappa shape index (κ1) is 18.5. The summed E-state index contributed by atoms with van der Waals surface area (Å²) in [5.74, 6) is 2.40. The third-order valence-corrected chi connectivity index (χ3v) is 5.45. The Morgan fingerprint density at radius 1 is 1.07 bits per heavy atom. The van der Waals surface area contributed by atoms with Crippen LogP contribution in [0.2, 0.25) is 0 Å². The van der Waals surface area contributed by atoms with Gasteiger partial charge in [0, 0.05) is 24.2 Å². The number of fused-ring (bicyclic) bond motifs is 1. The van der Waals surface area contributed by atoms with Crippen molar-refractivity contribution < 1.29 is 14.3 Å². The molecule has 0 radical (unpaired) electrons. The van der Waals surface area contributed by atoms with Crippen LogP contribution in [0.5, 0.6) is 11.5 Å². The first-order valence-corrected chi connectivity index (χ1v) is 9.93. The Hall–Kier alpha value is -2.82. The van der Waals surface area contributed by atoms with Crippen molar-refractivity contribution in [2.24, 2.45) is 4.99 Å². The van der Waals surface area contributed by atoms with Crippen LogP contribution >= 0.6 is 0 Å². The molecule has 0 fully saturated rings. The predicted molar refractivity (Wildman–Crippen MR) is 111 cm³/mol. The molecular weight excluding hydrogens is 352 g/mol. The Morgan fingerprint density at radius 3 is 2.68 bits per heavy atom. The second-order valence-corrected chi connectivity index (χ2v) is 7.34. The number of hydrogen-bond acceptors (Lipinski definition) is 5. The molecule has 5 heteroatoms. The molecule has 0 aliphatic carbocycles. The van der Waals surface area contributed by atoms with Crippen molar-refractivity contribution in [3.05, 3.63) is 53.1 Å². The van der Waals surface area contributed by atoms with Crippen molar-refractivity contribution in [3.63, 3.8) is 0 Å². The second kappa shape index (κ2) is 8.05. The third-order valence-electron chi connectivity index (χ3n) is 5.45. The number of ketones is 1. The molecule has 4 rings (SSSR count). The van der Waals surface area contributed by atoms with E-state index < -0.39 is 0 Å². The summed E-state index contributed by atoms with van der Waals surface area (Å²) in [5.41, 5.74) is 4.10. The average Bonchev–Trinajstić information content (AvgIpc) is 2.74. The summed E-state index contributed by atoms with van der Waals surface area (Å²) in [6, 6.07) is 11.7. The Bertz CT molecular complexity index is 920. The number of ether oxygens (including phenoxy) is 2. The van der Waals surface area contributed by atoms with Gasteiger partial charge in [0.05, 0.1) is 6.54 Å². The number of carbonyl (C=O) groups is 1. The second-order valence-electron chi connectivity index (χ2n) is 7.34. The molecule has 0 bridgehead atoms. The Labute approximate surface area is 166 Å². The molecule has 0 atom stereocenters. The number of nitrogens with zero attached hydrogens (tertiary/aromatic N) is 2. The zero-order valence-corrected chi connectivity index (χ0v) is 16.5. The van der Waals surface area contributed by atoms with Crippen LogP contribution in [0.15, 0.2) is 41.4 Å². The van der Waals surface area contributed by atoms with E-state index in [1.165, 1.54) is 11.1 Å². The molecule has 0 aromatic heterocycles. The number of Topliss-reactive ketones (excluding diaryl/α,β-unsaturated/α-hetero) is 1. The Kier molecular flexibility index (Phi) is 5.33. The van der Waals surface area contributed by atoms with Crippen LogP contribution in [0.25, 0.3) is 0 Å². The topological polar surface area (TPSA) is 51.1 Å². The number of benzene rings is 2. The summed E-state index contributed by atoms with van der Waals surface area (Å²) in [6.07, 6.45) is 3.13. The first-order chi connectivity index (χ1) is 13.6. The van der Waals surface area contributed by atoms with Gasteiger partial charge in [0.25, 0.3) is 0 Å². The summed E-state index contributed by atoms with van der Waals surface area (Å²) in [6.45, 7) is 6.35. The lowest BCUT2D eigenvalue weighted by atomic mass is 10.0. The van der Waals surface area contributed by atoms with Gasteiger partial charge >= 0.3 is 0 Å². The minimum Gasteiger partial charge on any atom is -0.486 e. The normalized spacial score (nSPS) is 15.7. The van der Waals surface area contributed by atoms with Crippen LogP contribution in [0, 0.1) is 13.8 Å². The fourth-order valence-corrected chi connectivity index (χ4v) is 3.70. The zero-order valence-electron chi connectivity index (χ0n) is 16.5. The summed E-state index contributed by atoms with van der Waals surface area (Å²) in [7, 11) is 0. The molecule has 0 saturated heterocycles. The number of amidine groups is 1. The van der Waals surface area contributed by atoms with Crippen LogP contribution in [-0.4, -0.2) is 37.9 Å². The van der Waals surface area contributed by atoms with Crippen molar-refractivity contribution in [3.8, 4) is 11.5 Å². The molecule has 0 N–H and O–H groups in total. The van der Waals surface area contributed by atoms with E-state index in [2.05, 4.69) is 30.9 Å². The van der Waals surface area contributed by atoms with Crippen LogP contribution < -0.4 is 14.4 Å². The van der Waals surface area contributed by atoms with Gasteiger partial charge in [-0.25, -0.2) is 0 Å². The maximum absolute atomic E-state index is 13.2. The van der Waals surface area contributed by atoms with E-state index in [0.717, 1.165) is 37.3 Å². The predicted octanol–water partition coefficient (Wildman–Crippen LogP) is 4.35. The van der Waals surface area contributed by atoms with Crippen LogP contribution in [0.1, 0.15) is 40.7 Å². The molecule has 2 aliphatic heterocycles. The van der Waals surface area contributed by atoms with E-state index in [9.17, 15) is 4.79 Å². The maximum atomic E-state index is 13.2. The maximum Gasteiger partial charge on any atom is 0.182 e. The molecule has 28 heavy (non-hydrogen) atoms. The molecule has 2 aliphatic rings. The first-order valence-electron chi connectivity index (χ1n) is 9.93. The van der Waals surface area contributed by atoms with Crippen LogP contribution in [0.3, 0.4) is 0 Å². The molecule has 2 heterocycles. The number of hydrogen-bond donors (Lipinski definition) is 0. The van der Waals surface area contributed by atoms with Crippen LogP contribution in [-0.2, 0) is 0 Å². The minimum absolute atomic E-state index is 0.0474. The molecular formula is C23H26N2O3. The minimum atomic E-state index is 0.0474. The van der Waals surface area contributed by atoms with E-state index in [1.807, 2.05) is 18.2 Å². The van der Waals surface area contributed by atoms with E-state index in [-0.39, 0.29) is 12.3 Å². The van der Waals surface area contributed by atoms with Gasteiger partial charge in [-0.1, -0.05) is 12.1 Å². The summed E-state index contributed by atoms with van der Waals surface area (Å²) >= 11 is 0. The van der Waals surface area contributed by atoms with Crippen LogP contribution in [0.4, 0.5) is 5.69 Å². The highest BCUT2D eigenvalue weighted by Gasteiger charge is 2.23. The van der Waals surface area contributed by atoms with Crippen molar-refractivity contribution in [2.75, 3.05) is 31.2 Å². The van der Waals surface area contributed by atoms with Gasteiger partial charge in [-0.3, -0.25) is 9.79 Å². The third kappa shape index (κ3) is 3.75. The highest BCUT2D eigenvalue weighted by Crippen LogP contribution is 2.31. The van der Waals surface area contributed by atoms with Crippen molar-refractivity contribution in [1.82, 2.24) is 0 Å². The quantitative estimate of drug-likeness (QED) is 0.743. The van der Waals surface area contributed by atoms with E-state index in [1.54, 1.807) is 6.07 Å². The monoisotopic (exact) mass is 378 g/mol. The summed E-state index contributed by atoms with van der Waals surface area (Å²) in [4.78, 5) is 20.0. The number of aliphatic imine (C=N–C) groups is 1. The van der Waals surface area contributed by atoms with Gasteiger partial charge in [-0.05, 0) is 62.1 Å². The van der Waals surface area contributed by atoms with Crippen molar-refractivity contribution in [1.29, 1.82) is 0 Å². The fourth-order valence-electron chi connectivity index (χ4n) is 3.70. The molecule has 2 aromatic rings. The highest BCUT2D eigenvalue weighted by atomic mass is 16.6. The number of carbonyl (C=O) groups excluding carboxylic acids is 1. The molecule has 146 valence electrons. The van der Waals surface area contributed by atoms with Gasteiger partial charge in [0.1, 0.15) is 19.0 Å². The lowest BCUT2D eigenvalue weighted by Crippen LogP contribution is -2.37. The van der Waals surface area contributed by atoms with Crippen molar-refractivity contribution >= 4 is 17.3 Å². The number of rotatable bonds is 4. The standard InChI is InChI=1S/C23H26N2O3/c1-16-6-5-7-19(17(16)2)25(23-8-3-4-11-24-23)15-20(26)18-9-10-21-22(14-18)28-13-12-27-21/h5-7,9-10,14H,3-4,8,11-13,15H2,1-2H3. The molecule has 0 spiro atoms. The SMILES string of the molecule is Cc1cccc(N(CC(=O)c2ccc3c(c2)OCCO3)C2=NCCCC2)c1C. The smallest absolute Gasteiger partial charge is 0.182 e. The molecule has 5 nitrogen and oxygen atoms in total. The Morgan fingerprint density at radius 2 is 1.89 bits per heavy atom. The summed E-state index contributed by atoms with van der Waals surface area (Å²) in [5, 5.41) is 0. The van der Waals surface area contributed by atoms with Gasteiger partial charge in [-0.15, -0.1) is 0 Å². The van der Waals surface area contributed by atoms with Gasteiger partial charge in [0.15, 0.2) is 17.3 Å². The largest absolute Gasteiger partial charge is 0.486 e.